The van der Waals surface area contributed by atoms with Gasteiger partial charge in [0, 0.05) is 23.4 Å². The monoisotopic (exact) mass is 398 g/mol. The molecule has 0 bridgehead atoms. The lowest BCUT2D eigenvalue weighted by Crippen LogP contribution is -3.12. The Morgan fingerprint density at radius 2 is 1.78 bits per heavy atom. The first-order valence-corrected chi connectivity index (χ1v) is 8.89. The summed E-state index contributed by atoms with van der Waals surface area (Å²) in [5.74, 6) is -0.237. The molecule has 0 aliphatic carbocycles. The van der Waals surface area contributed by atoms with Crippen LogP contribution in [0, 0.1) is 5.82 Å². The lowest BCUT2D eigenvalue weighted by Gasteiger charge is -2.36. The van der Waals surface area contributed by atoms with E-state index in [2.05, 4.69) is 15.9 Å². The second kappa shape index (κ2) is 6.89. The average molecular weight is 400 g/mol. The fourth-order valence-electron chi connectivity index (χ4n) is 3.18. The number of piperidine rings is 1. The quantitative estimate of drug-likeness (QED) is 0.813. The third-order valence-corrected chi connectivity index (χ3v) is 5.46. The molecule has 5 heteroatoms. The predicted molar refractivity (Wildman–Crippen MR) is 93.1 cm³/mol. The van der Waals surface area contributed by atoms with Crippen LogP contribution in [0.5, 0.6) is 0 Å². The Kier molecular flexibility index (Phi) is 5.07. The Balaban J connectivity index is 1.63. The van der Waals surface area contributed by atoms with Gasteiger partial charge in [0.05, 0.1) is 17.6 Å². The summed E-state index contributed by atoms with van der Waals surface area (Å²) in [6.45, 7) is 2.61. The van der Waals surface area contributed by atoms with Gasteiger partial charge >= 0.3 is 0 Å². The molecule has 2 aromatic carbocycles. The molecule has 2 nitrogen and oxygen atoms in total. The molecule has 0 unspecified atom stereocenters. The zero-order valence-corrected chi connectivity index (χ0v) is 15.0. The maximum atomic E-state index is 13.3. The zero-order chi connectivity index (χ0) is 16.4. The first-order chi connectivity index (χ1) is 11.0. The van der Waals surface area contributed by atoms with Crippen molar-refractivity contribution in [2.75, 3.05) is 13.1 Å². The van der Waals surface area contributed by atoms with Crippen LogP contribution in [0.4, 0.5) is 4.39 Å². The molecule has 0 saturated carbocycles. The second-order valence-corrected chi connectivity index (χ2v) is 7.50. The van der Waals surface area contributed by atoms with Gasteiger partial charge in [-0.2, -0.15) is 0 Å². The molecule has 1 heterocycles. The number of benzene rings is 2. The van der Waals surface area contributed by atoms with E-state index in [-0.39, 0.29) is 5.82 Å². The molecule has 3 rings (SSSR count). The first-order valence-electron chi connectivity index (χ1n) is 7.72. The van der Waals surface area contributed by atoms with Crippen molar-refractivity contribution in [3.8, 4) is 0 Å². The van der Waals surface area contributed by atoms with E-state index in [4.69, 9.17) is 11.6 Å². The Morgan fingerprint density at radius 1 is 1.13 bits per heavy atom. The molecule has 0 amide bonds. The van der Waals surface area contributed by atoms with Crippen LogP contribution in [0.2, 0.25) is 5.02 Å². The third kappa shape index (κ3) is 3.94. The van der Waals surface area contributed by atoms with E-state index < -0.39 is 5.60 Å². The highest BCUT2D eigenvalue weighted by Crippen LogP contribution is 2.30. The van der Waals surface area contributed by atoms with Crippen LogP contribution in [0.1, 0.15) is 24.0 Å². The fourth-order valence-corrected chi connectivity index (χ4v) is 3.73. The SMILES string of the molecule is OC1(c2ccc(Cl)cc2)CC[NH+](Cc2ccc(F)c(Br)c2)CC1. The molecule has 0 radical (unpaired) electrons. The van der Waals surface area contributed by atoms with Gasteiger partial charge in [0.25, 0.3) is 0 Å². The number of nitrogens with one attached hydrogen (secondary N) is 1. The number of halogens is 3. The van der Waals surface area contributed by atoms with E-state index in [0.29, 0.717) is 22.3 Å². The number of aliphatic hydroxyl groups is 1. The van der Waals surface area contributed by atoms with Crippen molar-refractivity contribution in [2.45, 2.75) is 25.0 Å². The molecule has 0 atom stereocenters. The minimum Gasteiger partial charge on any atom is -0.385 e. The molecule has 1 aliphatic rings. The van der Waals surface area contributed by atoms with Crippen molar-refractivity contribution < 1.29 is 14.4 Å². The third-order valence-electron chi connectivity index (χ3n) is 4.60. The molecule has 1 aliphatic heterocycles. The van der Waals surface area contributed by atoms with Crippen LogP contribution in [-0.2, 0) is 12.1 Å². The van der Waals surface area contributed by atoms with Gasteiger partial charge in [-0.15, -0.1) is 0 Å². The standard InChI is InChI=1S/C18H18BrClFNO/c19-16-11-13(1-6-17(16)21)12-22-9-7-18(23,8-10-22)14-2-4-15(20)5-3-14/h1-6,11,23H,7-10,12H2/p+1. The van der Waals surface area contributed by atoms with Crippen molar-refractivity contribution >= 4 is 27.5 Å². The number of quaternary nitrogens is 1. The van der Waals surface area contributed by atoms with E-state index >= 15 is 0 Å². The lowest BCUT2D eigenvalue weighted by molar-refractivity contribution is -0.921. The van der Waals surface area contributed by atoms with Gasteiger partial charge in [-0.25, -0.2) is 4.39 Å². The number of likely N-dealkylation sites (tertiary alicyclic amines) is 1. The lowest BCUT2D eigenvalue weighted by atomic mass is 9.84. The molecule has 1 saturated heterocycles. The van der Waals surface area contributed by atoms with E-state index in [1.807, 2.05) is 36.4 Å². The largest absolute Gasteiger partial charge is 0.385 e. The highest BCUT2D eigenvalue weighted by Gasteiger charge is 2.36. The normalized spacial score (nSPS) is 24.6. The van der Waals surface area contributed by atoms with Crippen LogP contribution in [0.25, 0.3) is 0 Å². The molecule has 1 fully saturated rings. The van der Waals surface area contributed by atoms with E-state index in [9.17, 15) is 9.50 Å². The van der Waals surface area contributed by atoms with Crippen LogP contribution in [0.3, 0.4) is 0 Å². The van der Waals surface area contributed by atoms with Crippen molar-refractivity contribution in [1.29, 1.82) is 0 Å². The average Bonchev–Trinajstić information content (AvgIpc) is 2.54. The summed E-state index contributed by atoms with van der Waals surface area (Å²) < 4.78 is 13.8. The summed E-state index contributed by atoms with van der Waals surface area (Å²) in [5, 5.41) is 11.6. The zero-order valence-electron chi connectivity index (χ0n) is 12.7. The van der Waals surface area contributed by atoms with Gasteiger partial charge in [-0.1, -0.05) is 29.8 Å². The summed E-state index contributed by atoms with van der Waals surface area (Å²) in [6.07, 6.45) is 1.43. The predicted octanol–water partition coefficient (Wildman–Crippen LogP) is 3.31. The molecule has 0 aromatic heterocycles. The van der Waals surface area contributed by atoms with E-state index in [1.165, 1.54) is 11.0 Å². The van der Waals surface area contributed by atoms with E-state index in [0.717, 1.165) is 30.8 Å². The van der Waals surface area contributed by atoms with Crippen LogP contribution < -0.4 is 4.90 Å². The highest BCUT2D eigenvalue weighted by atomic mass is 79.9. The van der Waals surface area contributed by atoms with Crippen molar-refractivity contribution in [2.24, 2.45) is 0 Å². The molecule has 2 N–H and O–H groups in total. The molecule has 122 valence electrons. The van der Waals surface area contributed by atoms with Gasteiger partial charge in [-0.3, -0.25) is 0 Å². The van der Waals surface area contributed by atoms with Crippen LogP contribution in [0.15, 0.2) is 46.9 Å². The summed E-state index contributed by atoms with van der Waals surface area (Å²) in [6, 6.07) is 12.6. The Hall–Kier alpha value is -0.940. The first kappa shape index (κ1) is 16.9. The highest BCUT2D eigenvalue weighted by molar-refractivity contribution is 9.10. The van der Waals surface area contributed by atoms with Gasteiger partial charge in [0.15, 0.2) is 0 Å². The van der Waals surface area contributed by atoms with Gasteiger partial charge in [-0.05, 0) is 45.8 Å². The van der Waals surface area contributed by atoms with Gasteiger partial charge in [0.2, 0.25) is 0 Å². The Bertz CT molecular complexity index is 684. The Morgan fingerprint density at radius 3 is 2.39 bits per heavy atom. The van der Waals surface area contributed by atoms with Crippen LogP contribution >= 0.6 is 27.5 Å². The maximum absolute atomic E-state index is 13.3. The minimum absolute atomic E-state index is 0.237. The van der Waals surface area contributed by atoms with Gasteiger partial charge < -0.3 is 10.0 Å². The van der Waals surface area contributed by atoms with Crippen molar-refractivity contribution in [3.05, 3.63) is 68.9 Å². The molecule has 2 aromatic rings. The number of hydrogen-bond acceptors (Lipinski definition) is 1. The molecule has 23 heavy (non-hydrogen) atoms. The van der Waals surface area contributed by atoms with Crippen LogP contribution in [-0.4, -0.2) is 18.2 Å². The topological polar surface area (TPSA) is 24.7 Å². The molecular formula is C18H19BrClFNO+. The molecular weight excluding hydrogens is 381 g/mol. The number of rotatable bonds is 3. The summed E-state index contributed by atoms with van der Waals surface area (Å²) in [4.78, 5) is 1.40. The second-order valence-electron chi connectivity index (χ2n) is 6.21. The summed E-state index contributed by atoms with van der Waals surface area (Å²) >= 11 is 9.15. The minimum atomic E-state index is -0.766. The summed E-state index contributed by atoms with van der Waals surface area (Å²) in [7, 11) is 0. The Labute approximate surface area is 149 Å². The summed E-state index contributed by atoms with van der Waals surface area (Å²) in [5.41, 5.74) is 1.27. The maximum Gasteiger partial charge on any atom is 0.137 e. The number of hydrogen-bond donors (Lipinski definition) is 2. The fraction of sp³-hybridized carbons (Fsp3) is 0.333. The molecule has 0 spiro atoms. The van der Waals surface area contributed by atoms with E-state index in [1.54, 1.807) is 0 Å². The van der Waals surface area contributed by atoms with Gasteiger partial charge in [0.1, 0.15) is 18.0 Å². The smallest absolute Gasteiger partial charge is 0.137 e. The van der Waals surface area contributed by atoms with Crippen molar-refractivity contribution in [1.82, 2.24) is 0 Å². The van der Waals surface area contributed by atoms with Crippen molar-refractivity contribution in [3.63, 3.8) is 0 Å².